The van der Waals surface area contributed by atoms with Crippen LogP contribution >= 0.6 is 0 Å². The first-order valence-corrected chi connectivity index (χ1v) is 10.3. The lowest BCUT2D eigenvalue weighted by molar-refractivity contribution is 0.0953. The van der Waals surface area contributed by atoms with Gasteiger partial charge in [-0.25, -0.2) is 4.79 Å². The summed E-state index contributed by atoms with van der Waals surface area (Å²) in [6.45, 7) is 3.22. The molecule has 29 heavy (non-hydrogen) atoms. The first-order chi connectivity index (χ1) is 14.1. The summed E-state index contributed by atoms with van der Waals surface area (Å²) < 4.78 is 5.19. The highest BCUT2D eigenvalue weighted by atomic mass is 16.5. The molecule has 0 saturated carbocycles. The third-order valence-corrected chi connectivity index (χ3v) is 4.53. The van der Waals surface area contributed by atoms with Crippen molar-refractivity contribution in [2.24, 2.45) is 0 Å². The third-order valence-electron chi connectivity index (χ3n) is 4.53. The van der Waals surface area contributed by atoms with Gasteiger partial charge in [-0.15, -0.1) is 0 Å². The number of unbranched alkanes of at least 4 members (excludes halogenated alkanes) is 5. The molecule has 1 aromatic carbocycles. The van der Waals surface area contributed by atoms with Gasteiger partial charge >= 0.3 is 6.09 Å². The van der Waals surface area contributed by atoms with Crippen molar-refractivity contribution in [3.8, 4) is 11.4 Å². The van der Waals surface area contributed by atoms with Crippen molar-refractivity contribution in [2.75, 3.05) is 13.1 Å². The predicted molar refractivity (Wildman–Crippen MR) is 110 cm³/mol. The van der Waals surface area contributed by atoms with E-state index < -0.39 is 6.09 Å². The first kappa shape index (κ1) is 22.4. The molecule has 2 rings (SSSR count). The Kier molecular flexibility index (Phi) is 9.68. The van der Waals surface area contributed by atoms with Crippen molar-refractivity contribution < 1.29 is 19.2 Å². The van der Waals surface area contributed by atoms with E-state index in [2.05, 4.69) is 27.7 Å². The predicted octanol–water partition coefficient (Wildman–Crippen LogP) is 4.03. The Hall–Kier alpha value is -2.90. The van der Waals surface area contributed by atoms with Crippen LogP contribution in [0.1, 0.15) is 68.1 Å². The van der Waals surface area contributed by atoms with Gasteiger partial charge in [0.25, 0.3) is 5.91 Å². The molecule has 0 spiro atoms. The molecule has 0 fully saturated rings. The van der Waals surface area contributed by atoms with Gasteiger partial charge < -0.3 is 20.3 Å². The number of nitrogens with one attached hydrogen (secondary N) is 2. The number of hydrogen-bond donors (Lipinski definition) is 3. The lowest BCUT2D eigenvalue weighted by Gasteiger charge is -2.05. The molecule has 0 unspecified atom stereocenters. The van der Waals surface area contributed by atoms with Gasteiger partial charge in [0.2, 0.25) is 11.7 Å². The Labute approximate surface area is 171 Å². The summed E-state index contributed by atoms with van der Waals surface area (Å²) in [5, 5.41) is 17.7. The fourth-order valence-corrected chi connectivity index (χ4v) is 2.89. The molecule has 8 heteroatoms. The van der Waals surface area contributed by atoms with Gasteiger partial charge in [0.1, 0.15) is 0 Å². The zero-order valence-corrected chi connectivity index (χ0v) is 16.9. The summed E-state index contributed by atoms with van der Waals surface area (Å²) >= 11 is 0. The van der Waals surface area contributed by atoms with E-state index in [1.807, 2.05) is 0 Å². The molecule has 0 aliphatic heterocycles. The summed E-state index contributed by atoms with van der Waals surface area (Å²) in [6.07, 6.45) is 7.17. The van der Waals surface area contributed by atoms with Crippen LogP contribution in [0.25, 0.3) is 11.4 Å². The van der Waals surface area contributed by atoms with E-state index in [0.717, 1.165) is 18.4 Å². The van der Waals surface area contributed by atoms with Crippen LogP contribution in [-0.4, -0.2) is 40.3 Å². The first-order valence-electron chi connectivity index (χ1n) is 10.3. The van der Waals surface area contributed by atoms with Crippen LogP contribution in [0.4, 0.5) is 4.79 Å². The average Bonchev–Trinajstić information content (AvgIpc) is 3.19. The number of carboxylic acid groups (broad SMARTS) is 1. The molecule has 1 aromatic heterocycles. The second-order valence-corrected chi connectivity index (χ2v) is 6.95. The lowest BCUT2D eigenvalue weighted by Crippen LogP contribution is -2.24. The summed E-state index contributed by atoms with van der Waals surface area (Å²) in [5.74, 6) is 0.822. The molecule has 3 N–H and O–H groups in total. The second-order valence-electron chi connectivity index (χ2n) is 6.95. The molecule has 0 aliphatic carbocycles. The van der Waals surface area contributed by atoms with Crippen LogP contribution in [0.3, 0.4) is 0 Å². The van der Waals surface area contributed by atoms with Gasteiger partial charge in [0.15, 0.2) is 0 Å². The maximum absolute atomic E-state index is 12.2. The Morgan fingerprint density at radius 3 is 2.38 bits per heavy atom. The SMILES string of the molecule is CCCCCCCCNC(=O)c1ccc(-c2noc(CCCNC(=O)O)n2)cc1. The molecule has 0 atom stereocenters. The number of amides is 2. The van der Waals surface area contributed by atoms with Gasteiger partial charge in [-0.2, -0.15) is 4.98 Å². The highest BCUT2D eigenvalue weighted by Crippen LogP contribution is 2.17. The Balaban J connectivity index is 1.75. The van der Waals surface area contributed by atoms with Crippen molar-refractivity contribution in [3.05, 3.63) is 35.7 Å². The fraction of sp³-hybridized carbons (Fsp3) is 0.524. The highest BCUT2D eigenvalue weighted by Gasteiger charge is 2.10. The number of rotatable bonds is 13. The van der Waals surface area contributed by atoms with Crippen molar-refractivity contribution in [1.29, 1.82) is 0 Å². The molecule has 158 valence electrons. The van der Waals surface area contributed by atoms with E-state index in [4.69, 9.17) is 9.63 Å². The van der Waals surface area contributed by atoms with Crippen LogP contribution in [0, 0.1) is 0 Å². The molecule has 0 aliphatic rings. The van der Waals surface area contributed by atoms with Gasteiger partial charge in [-0.3, -0.25) is 4.79 Å². The zero-order chi connectivity index (χ0) is 20.9. The van der Waals surface area contributed by atoms with Crippen LogP contribution in [0.2, 0.25) is 0 Å². The normalized spacial score (nSPS) is 10.7. The number of aryl methyl sites for hydroxylation is 1. The minimum Gasteiger partial charge on any atom is -0.465 e. The largest absolute Gasteiger partial charge is 0.465 e. The molecule has 2 amide bonds. The van der Waals surface area contributed by atoms with Crippen LogP contribution in [0.5, 0.6) is 0 Å². The molecular weight excluding hydrogens is 372 g/mol. The van der Waals surface area contributed by atoms with Crippen LogP contribution in [-0.2, 0) is 6.42 Å². The van der Waals surface area contributed by atoms with Crippen molar-refractivity contribution in [1.82, 2.24) is 20.8 Å². The standard InChI is InChI=1S/C21H30N4O4/c1-2-3-4-5-6-7-14-22-20(26)17-12-10-16(11-13-17)19-24-18(29-25-19)9-8-15-23-21(27)28/h10-13,23H,2-9,14-15H2,1H3,(H,22,26)(H,27,28). The minimum absolute atomic E-state index is 0.0789. The van der Waals surface area contributed by atoms with Crippen LogP contribution < -0.4 is 10.6 Å². The molecule has 0 saturated heterocycles. The topological polar surface area (TPSA) is 117 Å². The molecule has 2 aromatic rings. The Morgan fingerprint density at radius 2 is 1.66 bits per heavy atom. The number of benzene rings is 1. The molecule has 1 heterocycles. The Bertz CT molecular complexity index is 758. The molecule has 8 nitrogen and oxygen atoms in total. The number of aromatic nitrogens is 2. The van der Waals surface area contributed by atoms with Gasteiger partial charge in [0.05, 0.1) is 0 Å². The highest BCUT2D eigenvalue weighted by molar-refractivity contribution is 5.94. The average molecular weight is 402 g/mol. The summed E-state index contributed by atoms with van der Waals surface area (Å²) in [6, 6.07) is 7.08. The van der Waals surface area contributed by atoms with Crippen molar-refractivity contribution in [3.63, 3.8) is 0 Å². The number of carbonyl (C=O) groups is 2. The Morgan fingerprint density at radius 1 is 0.966 bits per heavy atom. The maximum atomic E-state index is 12.2. The smallest absolute Gasteiger partial charge is 0.404 e. The van der Waals surface area contributed by atoms with E-state index in [1.165, 1.54) is 25.7 Å². The van der Waals surface area contributed by atoms with E-state index in [-0.39, 0.29) is 5.91 Å². The van der Waals surface area contributed by atoms with E-state index in [1.54, 1.807) is 24.3 Å². The second kappa shape index (κ2) is 12.5. The number of nitrogens with zero attached hydrogens (tertiary/aromatic N) is 2. The quantitative estimate of drug-likeness (QED) is 0.436. The third kappa shape index (κ3) is 8.33. The zero-order valence-electron chi connectivity index (χ0n) is 16.9. The maximum Gasteiger partial charge on any atom is 0.404 e. The molecule has 0 radical (unpaired) electrons. The van der Waals surface area contributed by atoms with Gasteiger partial charge in [-0.1, -0.05) is 56.3 Å². The van der Waals surface area contributed by atoms with E-state index in [9.17, 15) is 9.59 Å². The van der Waals surface area contributed by atoms with Gasteiger partial charge in [-0.05, 0) is 25.0 Å². The molecular formula is C21H30N4O4. The molecule has 0 bridgehead atoms. The van der Waals surface area contributed by atoms with E-state index in [0.29, 0.717) is 43.2 Å². The monoisotopic (exact) mass is 402 g/mol. The summed E-state index contributed by atoms with van der Waals surface area (Å²) in [5.41, 5.74) is 1.36. The van der Waals surface area contributed by atoms with Crippen molar-refractivity contribution >= 4 is 12.0 Å². The summed E-state index contributed by atoms with van der Waals surface area (Å²) in [7, 11) is 0. The number of carbonyl (C=O) groups excluding carboxylic acids is 1. The van der Waals surface area contributed by atoms with Crippen molar-refractivity contribution in [2.45, 2.75) is 58.3 Å². The lowest BCUT2D eigenvalue weighted by atomic mass is 10.1. The fourth-order valence-electron chi connectivity index (χ4n) is 2.89. The minimum atomic E-state index is -1.05. The van der Waals surface area contributed by atoms with Gasteiger partial charge in [0, 0.05) is 30.6 Å². The summed E-state index contributed by atoms with van der Waals surface area (Å²) in [4.78, 5) is 26.9. The number of hydrogen-bond acceptors (Lipinski definition) is 5. The van der Waals surface area contributed by atoms with Crippen LogP contribution in [0.15, 0.2) is 28.8 Å². The van der Waals surface area contributed by atoms with E-state index >= 15 is 0 Å².